The molecule has 0 saturated heterocycles. The van der Waals surface area contributed by atoms with Crippen LogP contribution in [0.1, 0.15) is 32.6 Å². The van der Waals surface area contributed by atoms with E-state index in [4.69, 9.17) is 4.74 Å². The predicted octanol–water partition coefficient (Wildman–Crippen LogP) is 2.66. The van der Waals surface area contributed by atoms with Gasteiger partial charge in [0.15, 0.2) is 0 Å². The monoisotopic (exact) mass is 315 g/mol. The lowest BCUT2D eigenvalue weighted by molar-refractivity contribution is -0.380. The molecule has 21 heavy (non-hydrogen) atoms. The number of carbonyl (C=O) groups excluding carboxylic acids is 1. The van der Waals surface area contributed by atoms with Gasteiger partial charge in [0, 0.05) is 30.1 Å². The van der Waals surface area contributed by atoms with Crippen LogP contribution in [0.15, 0.2) is 12.1 Å². The number of ether oxygens (including phenoxy) is 1. The summed E-state index contributed by atoms with van der Waals surface area (Å²) in [6.45, 7) is 8.34. The largest absolute Gasteiger partial charge is 0.444 e. The minimum Gasteiger partial charge on any atom is -0.444 e. The van der Waals surface area contributed by atoms with Crippen LogP contribution in [0.5, 0.6) is 0 Å². The maximum atomic E-state index is 11.5. The first-order chi connectivity index (χ1) is 9.67. The summed E-state index contributed by atoms with van der Waals surface area (Å²) in [7, 11) is 0. The molecule has 0 spiro atoms. The van der Waals surface area contributed by atoms with Gasteiger partial charge < -0.3 is 15.4 Å². The summed E-state index contributed by atoms with van der Waals surface area (Å²) in [5.41, 5.74) is -0.521. The third-order valence-corrected chi connectivity index (χ3v) is 3.38. The van der Waals surface area contributed by atoms with E-state index in [2.05, 4.69) is 10.6 Å². The van der Waals surface area contributed by atoms with Crippen LogP contribution >= 0.6 is 11.3 Å². The van der Waals surface area contributed by atoms with Crippen LogP contribution in [0.3, 0.4) is 0 Å². The van der Waals surface area contributed by atoms with E-state index in [1.807, 2.05) is 6.92 Å². The first kappa shape index (κ1) is 17.4. The summed E-state index contributed by atoms with van der Waals surface area (Å²) < 4.78 is 5.15. The first-order valence-electron chi connectivity index (χ1n) is 6.60. The third kappa shape index (κ3) is 7.05. The molecule has 0 bridgehead atoms. The van der Waals surface area contributed by atoms with Crippen LogP contribution in [-0.2, 0) is 11.3 Å². The molecule has 2 N–H and O–H groups in total. The Morgan fingerprint density at radius 1 is 1.48 bits per heavy atom. The van der Waals surface area contributed by atoms with Gasteiger partial charge >= 0.3 is 11.1 Å². The number of alkyl carbamates (subject to hydrolysis) is 1. The quantitative estimate of drug-likeness (QED) is 0.622. The summed E-state index contributed by atoms with van der Waals surface area (Å²) in [4.78, 5) is 22.6. The molecule has 0 aliphatic heterocycles. The molecule has 8 heteroatoms. The lowest BCUT2D eigenvalue weighted by Gasteiger charge is -2.22. The molecule has 0 aromatic carbocycles. The summed E-state index contributed by atoms with van der Waals surface area (Å²) in [6, 6.07) is 3.11. The Kier molecular flexibility index (Phi) is 6.10. The van der Waals surface area contributed by atoms with Crippen molar-refractivity contribution < 1.29 is 14.5 Å². The van der Waals surface area contributed by atoms with Gasteiger partial charge in [-0.2, -0.15) is 0 Å². The van der Waals surface area contributed by atoms with E-state index in [0.717, 1.165) is 16.2 Å². The van der Waals surface area contributed by atoms with Crippen molar-refractivity contribution in [3.05, 3.63) is 27.1 Å². The minimum absolute atomic E-state index is 0.102. The van der Waals surface area contributed by atoms with Crippen molar-refractivity contribution in [2.75, 3.05) is 6.54 Å². The molecule has 0 aliphatic rings. The van der Waals surface area contributed by atoms with Crippen LogP contribution in [0.25, 0.3) is 0 Å². The first-order valence-corrected chi connectivity index (χ1v) is 7.42. The van der Waals surface area contributed by atoms with Gasteiger partial charge in [0.2, 0.25) is 0 Å². The summed E-state index contributed by atoms with van der Waals surface area (Å²) >= 11 is 1.14. The summed E-state index contributed by atoms with van der Waals surface area (Å²) in [6.07, 6.45) is -0.455. The number of carbonyl (C=O) groups is 1. The number of nitrogens with zero attached hydrogens (tertiary/aromatic N) is 1. The second kappa shape index (κ2) is 7.37. The summed E-state index contributed by atoms with van der Waals surface area (Å²) in [5, 5.41) is 16.6. The Labute approximate surface area is 127 Å². The maximum Gasteiger partial charge on any atom is 0.407 e. The Balaban J connectivity index is 2.28. The lowest BCUT2D eigenvalue weighted by Crippen LogP contribution is -2.42. The van der Waals surface area contributed by atoms with E-state index in [0.29, 0.717) is 13.1 Å². The third-order valence-electron chi connectivity index (χ3n) is 2.34. The number of thiophene rings is 1. The van der Waals surface area contributed by atoms with Crippen LogP contribution in [0.4, 0.5) is 9.80 Å². The topological polar surface area (TPSA) is 93.5 Å². The number of rotatable bonds is 6. The number of amides is 1. The van der Waals surface area contributed by atoms with Gasteiger partial charge in [0.05, 0.1) is 4.92 Å². The van der Waals surface area contributed by atoms with Crippen molar-refractivity contribution in [3.8, 4) is 0 Å². The molecule has 7 nitrogen and oxygen atoms in total. The number of hydrogen-bond acceptors (Lipinski definition) is 6. The Hall–Kier alpha value is -1.67. The predicted molar refractivity (Wildman–Crippen MR) is 81.5 cm³/mol. The minimum atomic E-state index is -0.521. The Morgan fingerprint density at radius 3 is 2.67 bits per heavy atom. The number of nitro groups is 1. The SMILES string of the molecule is CC(CNCc1ccc([N+](=O)[O-])s1)NC(=O)OC(C)(C)C. The van der Waals surface area contributed by atoms with E-state index >= 15 is 0 Å². The smallest absolute Gasteiger partial charge is 0.407 e. The van der Waals surface area contributed by atoms with Crippen LogP contribution in [0, 0.1) is 10.1 Å². The molecule has 1 aromatic heterocycles. The van der Waals surface area contributed by atoms with Gasteiger partial charge in [0.25, 0.3) is 0 Å². The number of hydrogen-bond donors (Lipinski definition) is 2. The Bertz CT molecular complexity index is 496. The zero-order valence-corrected chi connectivity index (χ0v) is 13.5. The molecule has 1 aromatic rings. The van der Waals surface area contributed by atoms with Crippen molar-refractivity contribution in [2.24, 2.45) is 0 Å². The molecule has 1 amide bonds. The molecule has 118 valence electrons. The van der Waals surface area contributed by atoms with Gasteiger partial charge in [-0.25, -0.2) is 4.79 Å². The van der Waals surface area contributed by atoms with Crippen molar-refractivity contribution >= 4 is 22.4 Å². The van der Waals surface area contributed by atoms with E-state index < -0.39 is 16.6 Å². The van der Waals surface area contributed by atoms with E-state index in [1.165, 1.54) is 6.07 Å². The molecular formula is C13H21N3O4S. The fourth-order valence-electron chi connectivity index (χ4n) is 1.53. The maximum absolute atomic E-state index is 11.5. The van der Waals surface area contributed by atoms with Crippen molar-refractivity contribution in [1.82, 2.24) is 10.6 Å². The van der Waals surface area contributed by atoms with Gasteiger partial charge in [-0.15, -0.1) is 0 Å². The normalized spacial score (nSPS) is 12.8. The van der Waals surface area contributed by atoms with Crippen molar-refractivity contribution in [1.29, 1.82) is 0 Å². The molecule has 1 heterocycles. The highest BCUT2D eigenvalue weighted by Crippen LogP contribution is 2.23. The van der Waals surface area contributed by atoms with Gasteiger partial charge in [-0.1, -0.05) is 11.3 Å². The van der Waals surface area contributed by atoms with E-state index in [-0.39, 0.29) is 11.0 Å². The molecular weight excluding hydrogens is 294 g/mol. The van der Waals surface area contributed by atoms with Crippen LogP contribution < -0.4 is 10.6 Å². The van der Waals surface area contributed by atoms with E-state index in [1.54, 1.807) is 26.8 Å². The van der Waals surface area contributed by atoms with E-state index in [9.17, 15) is 14.9 Å². The van der Waals surface area contributed by atoms with Crippen molar-refractivity contribution in [2.45, 2.75) is 45.9 Å². The highest BCUT2D eigenvalue weighted by molar-refractivity contribution is 7.15. The lowest BCUT2D eigenvalue weighted by atomic mass is 10.2. The van der Waals surface area contributed by atoms with Crippen LogP contribution in [0.2, 0.25) is 0 Å². The van der Waals surface area contributed by atoms with Crippen LogP contribution in [-0.4, -0.2) is 29.2 Å². The van der Waals surface area contributed by atoms with Gasteiger partial charge in [-0.05, 0) is 33.8 Å². The highest BCUT2D eigenvalue weighted by Gasteiger charge is 2.17. The zero-order chi connectivity index (χ0) is 16.0. The molecule has 0 saturated carbocycles. The summed E-state index contributed by atoms with van der Waals surface area (Å²) in [5.74, 6) is 0. The molecule has 0 aliphatic carbocycles. The number of nitrogens with one attached hydrogen (secondary N) is 2. The second-order valence-electron chi connectivity index (χ2n) is 5.68. The molecule has 0 fully saturated rings. The molecule has 0 radical (unpaired) electrons. The fraction of sp³-hybridized carbons (Fsp3) is 0.615. The van der Waals surface area contributed by atoms with Crippen molar-refractivity contribution in [3.63, 3.8) is 0 Å². The molecule has 1 rings (SSSR count). The zero-order valence-electron chi connectivity index (χ0n) is 12.6. The van der Waals surface area contributed by atoms with Gasteiger partial charge in [-0.3, -0.25) is 10.1 Å². The standard InChI is InChI=1S/C13H21N3O4S/c1-9(15-12(17)20-13(2,3)4)7-14-8-10-5-6-11(21-10)16(18)19/h5-6,9,14H,7-8H2,1-4H3,(H,15,17). The molecule has 1 unspecified atom stereocenters. The fourth-order valence-corrected chi connectivity index (χ4v) is 2.32. The molecule has 1 atom stereocenters. The Morgan fingerprint density at radius 2 is 2.14 bits per heavy atom. The highest BCUT2D eigenvalue weighted by atomic mass is 32.1. The second-order valence-corrected chi connectivity index (χ2v) is 6.82. The average Bonchev–Trinajstić information content (AvgIpc) is 2.74. The average molecular weight is 315 g/mol. The van der Waals surface area contributed by atoms with Gasteiger partial charge in [0.1, 0.15) is 5.60 Å².